The molecule has 2 rings (SSSR count). The predicted molar refractivity (Wildman–Crippen MR) is 70.1 cm³/mol. The first-order valence-electron chi connectivity index (χ1n) is 5.81. The lowest BCUT2D eigenvalue weighted by molar-refractivity contribution is 0.0870. The van der Waals surface area contributed by atoms with E-state index in [-0.39, 0.29) is 6.10 Å². The molecule has 0 bridgehead atoms. The first-order valence-corrected chi connectivity index (χ1v) is 6.18. The lowest BCUT2D eigenvalue weighted by Crippen LogP contribution is -2.16. The van der Waals surface area contributed by atoms with Crippen LogP contribution in [0.5, 0.6) is 0 Å². The van der Waals surface area contributed by atoms with Gasteiger partial charge in [-0.05, 0) is 20.8 Å². The van der Waals surface area contributed by atoms with Gasteiger partial charge in [-0.25, -0.2) is 0 Å². The lowest BCUT2D eigenvalue weighted by Gasteiger charge is -2.12. The van der Waals surface area contributed by atoms with Crippen LogP contribution in [-0.2, 0) is 4.74 Å². The minimum absolute atomic E-state index is 0.223. The van der Waals surface area contributed by atoms with Crippen LogP contribution >= 0.6 is 11.6 Å². The fourth-order valence-corrected chi connectivity index (χ4v) is 1.73. The molecule has 0 saturated carbocycles. The quantitative estimate of drug-likeness (QED) is 0.664. The summed E-state index contributed by atoms with van der Waals surface area (Å²) in [6.07, 6.45) is 1.67. The van der Waals surface area contributed by atoms with Crippen LogP contribution in [0.3, 0.4) is 0 Å². The summed E-state index contributed by atoms with van der Waals surface area (Å²) < 4.78 is 7.11. The van der Waals surface area contributed by atoms with Gasteiger partial charge in [-0.15, -0.1) is 0 Å². The zero-order valence-corrected chi connectivity index (χ0v) is 11.4. The van der Waals surface area contributed by atoms with Gasteiger partial charge < -0.3 is 10.1 Å². The van der Waals surface area contributed by atoms with Crippen molar-refractivity contribution in [2.24, 2.45) is 0 Å². The monoisotopic (exact) mass is 269 g/mol. The smallest absolute Gasteiger partial charge is 0.255 e. The molecule has 2 heterocycles. The van der Waals surface area contributed by atoms with Crippen LogP contribution in [0, 0.1) is 6.92 Å². The molecule has 0 spiro atoms. The average molecular weight is 270 g/mol. The predicted octanol–water partition coefficient (Wildman–Crippen LogP) is 1.92. The molecule has 0 aliphatic heterocycles. The summed E-state index contributed by atoms with van der Waals surface area (Å²) >= 11 is 6.05. The molecule has 0 fully saturated rings. The molecule has 0 amide bonds. The van der Waals surface area contributed by atoms with Crippen LogP contribution in [0.15, 0.2) is 6.33 Å². The number of ether oxygens (including phenoxy) is 1. The molecule has 0 aromatic carbocycles. The van der Waals surface area contributed by atoms with Gasteiger partial charge in [0.05, 0.1) is 12.7 Å². The Balaban J connectivity index is 2.16. The number of fused-ring (bicyclic) bond motifs is 1. The Morgan fingerprint density at radius 3 is 3.00 bits per heavy atom. The molecule has 98 valence electrons. The Labute approximate surface area is 110 Å². The molecule has 1 N–H and O–H groups in total. The minimum Gasteiger partial charge on any atom is -0.377 e. The van der Waals surface area contributed by atoms with E-state index in [1.807, 2.05) is 20.8 Å². The van der Waals surface area contributed by atoms with E-state index in [9.17, 15) is 0 Å². The highest BCUT2D eigenvalue weighted by molar-refractivity contribution is 6.30. The highest BCUT2D eigenvalue weighted by Gasteiger charge is 2.11. The number of aromatic nitrogens is 4. The van der Waals surface area contributed by atoms with Crippen molar-refractivity contribution in [1.29, 1.82) is 0 Å². The molecule has 2 aromatic rings. The third-order valence-corrected chi connectivity index (χ3v) is 2.82. The summed E-state index contributed by atoms with van der Waals surface area (Å²) in [7, 11) is 0. The van der Waals surface area contributed by atoms with Crippen LogP contribution < -0.4 is 5.32 Å². The Hall–Kier alpha value is -1.40. The molecular formula is C11H16ClN5O. The second-order valence-corrected chi connectivity index (χ2v) is 4.55. The van der Waals surface area contributed by atoms with Crippen molar-refractivity contribution < 1.29 is 4.74 Å². The minimum atomic E-state index is 0.223. The number of anilines is 1. The zero-order chi connectivity index (χ0) is 13.1. The van der Waals surface area contributed by atoms with E-state index >= 15 is 0 Å². The maximum absolute atomic E-state index is 6.05. The molecular weight excluding hydrogens is 254 g/mol. The molecule has 7 heteroatoms. The first-order chi connectivity index (χ1) is 8.59. The van der Waals surface area contributed by atoms with Gasteiger partial charge in [0.2, 0.25) is 0 Å². The largest absolute Gasteiger partial charge is 0.377 e. The number of hydrogen-bond acceptors (Lipinski definition) is 5. The second-order valence-electron chi connectivity index (χ2n) is 4.19. The third kappa shape index (κ3) is 2.70. The van der Waals surface area contributed by atoms with Gasteiger partial charge in [0.25, 0.3) is 5.78 Å². The molecule has 0 aliphatic rings. The number of nitrogens with zero attached hydrogens (tertiary/aromatic N) is 4. The van der Waals surface area contributed by atoms with Gasteiger partial charge in [0, 0.05) is 12.1 Å². The van der Waals surface area contributed by atoms with Crippen molar-refractivity contribution in [2.45, 2.75) is 26.9 Å². The summed E-state index contributed by atoms with van der Waals surface area (Å²) in [6.45, 7) is 7.19. The fraction of sp³-hybridized carbons (Fsp3) is 0.545. The van der Waals surface area contributed by atoms with Gasteiger partial charge >= 0.3 is 0 Å². The molecule has 0 atom stereocenters. The number of rotatable bonds is 5. The van der Waals surface area contributed by atoms with Gasteiger partial charge in [0.15, 0.2) is 0 Å². The van der Waals surface area contributed by atoms with Crippen LogP contribution in [0.2, 0.25) is 5.15 Å². The molecule has 0 unspecified atom stereocenters. The van der Waals surface area contributed by atoms with Crippen molar-refractivity contribution in [3.05, 3.63) is 17.0 Å². The van der Waals surface area contributed by atoms with Crippen LogP contribution in [0.1, 0.15) is 19.4 Å². The maximum Gasteiger partial charge on any atom is 0.255 e. The summed E-state index contributed by atoms with van der Waals surface area (Å²) in [6, 6.07) is 0. The van der Waals surface area contributed by atoms with E-state index in [4.69, 9.17) is 16.3 Å². The number of hydrogen-bond donors (Lipinski definition) is 1. The second kappa shape index (κ2) is 5.49. The summed E-state index contributed by atoms with van der Waals surface area (Å²) in [4.78, 5) is 8.16. The average Bonchev–Trinajstić information content (AvgIpc) is 2.76. The molecule has 0 aliphatic carbocycles. The standard InChI is InChI=1S/C11H16ClN5O/c1-7(2)18-5-4-13-10-8(3)9(12)16-11-14-6-15-17(10)11/h6-7,13H,4-5H2,1-3H3. The lowest BCUT2D eigenvalue weighted by atomic mass is 10.3. The highest BCUT2D eigenvalue weighted by Crippen LogP contribution is 2.21. The van der Waals surface area contributed by atoms with Crippen LogP contribution in [0.4, 0.5) is 5.82 Å². The molecule has 18 heavy (non-hydrogen) atoms. The van der Waals surface area contributed by atoms with E-state index in [2.05, 4.69) is 20.4 Å². The molecule has 0 radical (unpaired) electrons. The summed E-state index contributed by atoms with van der Waals surface area (Å²) in [5.41, 5.74) is 0.846. The molecule has 2 aromatic heterocycles. The Morgan fingerprint density at radius 2 is 2.28 bits per heavy atom. The summed E-state index contributed by atoms with van der Waals surface area (Å²) in [5.74, 6) is 1.28. The fourth-order valence-electron chi connectivity index (χ4n) is 1.57. The van der Waals surface area contributed by atoms with Crippen LogP contribution in [-0.4, -0.2) is 38.8 Å². The summed E-state index contributed by atoms with van der Waals surface area (Å²) in [5, 5.41) is 7.80. The van der Waals surface area contributed by atoms with Crippen molar-refractivity contribution in [2.75, 3.05) is 18.5 Å². The zero-order valence-electron chi connectivity index (χ0n) is 10.6. The highest BCUT2D eigenvalue weighted by atomic mass is 35.5. The maximum atomic E-state index is 6.05. The van der Waals surface area contributed by atoms with E-state index in [1.165, 1.54) is 6.33 Å². The van der Waals surface area contributed by atoms with Gasteiger partial charge in [-0.1, -0.05) is 11.6 Å². The van der Waals surface area contributed by atoms with E-state index < -0.39 is 0 Å². The van der Waals surface area contributed by atoms with Crippen molar-refractivity contribution in [3.8, 4) is 0 Å². The normalized spacial score (nSPS) is 11.4. The Bertz CT molecular complexity index is 539. The SMILES string of the molecule is Cc1c(Cl)nc2ncnn2c1NCCOC(C)C. The van der Waals surface area contributed by atoms with Crippen molar-refractivity contribution >= 4 is 23.2 Å². The molecule has 6 nitrogen and oxygen atoms in total. The van der Waals surface area contributed by atoms with E-state index in [0.717, 1.165) is 11.4 Å². The van der Waals surface area contributed by atoms with Gasteiger partial charge in [-0.3, -0.25) is 0 Å². The first kappa shape index (κ1) is 13.0. The topological polar surface area (TPSA) is 64.3 Å². The third-order valence-electron chi connectivity index (χ3n) is 2.45. The van der Waals surface area contributed by atoms with Crippen molar-refractivity contribution in [1.82, 2.24) is 19.6 Å². The van der Waals surface area contributed by atoms with Gasteiger partial charge in [0.1, 0.15) is 17.3 Å². The van der Waals surface area contributed by atoms with Gasteiger partial charge in [-0.2, -0.15) is 19.6 Å². The van der Waals surface area contributed by atoms with E-state index in [1.54, 1.807) is 4.52 Å². The van der Waals surface area contributed by atoms with Crippen LogP contribution in [0.25, 0.3) is 5.78 Å². The Kier molecular flexibility index (Phi) is 3.98. The number of nitrogens with one attached hydrogen (secondary N) is 1. The molecule has 0 saturated heterocycles. The Morgan fingerprint density at radius 1 is 1.50 bits per heavy atom. The van der Waals surface area contributed by atoms with Crippen molar-refractivity contribution in [3.63, 3.8) is 0 Å². The number of halogens is 1. The van der Waals surface area contributed by atoms with E-state index in [0.29, 0.717) is 24.1 Å².